The summed E-state index contributed by atoms with van der Waals surface area (Å²) < 4.78 is 21.3. The van der Waals surface area contributed by atoms with Crippen LogP contribution in [0.2, 0.25) is 0 Å². The molecule has 16 heavy (non-hydrogen) atoms. The molecule has 0 aromatic heterocycles. The first-order valence-corrected chi connectivity index (χ1v) is 6.70. The second-order valence-electron chi connectivity index (χ2n) is 3.82. The van der Waals surface area contributed by atoms with Crippen molar-refractivity contribution in [2.45, 2.75) is 24.7 Å². The van der Waals surface area contributed by atoms with Crippen LogP contribution in [0.5, 0.6) is 0 Å². The maximum absolute atomic E-state index is 11.1. The van der Waals surface area contributed by atoms with E-state index in [1.165, 1.54) is 13.0 Å². The predicted molar refractivity (Wildman–Crippen MR) is 60.9 cm³/mol. The first kappa shape index (κ1) is 13.5. The molecule has 3 unspecified atom stereocenters. The molecule has 0 aliphatic heterocycles. The number of nitrogens with two attached hydrogens (primary N) is 1. The summed E-state index contributed by atoms with van der Waals surface area (Å²) >= 11 is 0. The Hall–Kier alpha value is -0.550. The molecule has 1 rings (SSSR count). The van der Waals surface area contributed by atoms with Gasteiger partial charge in [-0.2, -0.15) is 0 Å². The van der Waals surface area contributed by atoms with Crippen molar-refractivity contribution in [3.63, 3.8) is 0 Å². The molecule has 0 radical (unpaired) electrons. The molecule has 1 aliphatic rings. The third-order valence-corrected chi connectivity index (χ3v) is 3.21. The van der Waals surface area contributed by atoms with Crippen LogP contribution in [0.15, 0.2) is 4.99 Å². The molecule has 92 valence electrons. The van der Waals surface area contributed by atoms with Crippen LogP contribution >= 0.6 is 8.03 Å². The van der Waals surface area contributed by atoms with Crippen molar-refractivity contribution < 1.29 is 18.9 Å². The number of rotatable bonds is 5. The van der Waals surface area contributed by atoms with Crippen LogP contribution in [0, 0.1) is 5.92 Å². The molecule has 3 N–H and O–H groups in total. The van der Waals surface area contributed by atoms with Crippen molar-refractivity contribution >= 4 is 14.4 Å². The van der Waals surface area contributed by atoms with Gasteiger partial charge in [0.15, 0.2) is 6.66 Å². The molecule has 0 heterocycles. The molecule has 7 heteroatoms. The largest absolute Gasteiger partial charge is 0.505 e. The Morgan fingerprint density at radius 2 is 2.38 bits per heavy atom. The average Bonchev–Trinajstić information content (AvgIpc) is 2.47. The van der Waals surface area contributed by atoms with Crippen LogP contribution in [-0.4, -0.2) is 50.1 Å². The van der Waals surface area contributed by atoms with Gasteiger partial charge in [-0.15, -0.1) is 4.52 Å². The van der Waals surface area contributed by atoms with Crippen molar-refractivity contribution in [2.24, 2.45) is 16.6 Å². The van der Waals surface area contributed by atoms with Gasteiger partial charge in [0.25, 0.3) is 0 Å². The minimum absolute atomic E-state index is 0.00685. The SMILES string of the molecule is COC[C@H]1C[C@@H](N=CN)C(O)C1O[P+](C)=O. The molecule has 0 spiro atoms. The molecule has 0 aromatic carbocycles. The molecule has 0 bridgehead atoms. The van der Waals surface area contributed by atoms with Gasteiger partial charge in [-0.05, 0) is 11.0 Å². The maximum Gasteiger partial charge on any atom is 0.505 e. The van der Waals surface area contributed by atoms with Gasteiger partial charge in [-0.25, -0.2) is 0 Å². The van der Waals surface area contributed by atoms with E-state index in [9.17, 15) is 9.67 Å². The maximum atomic E-state index is 11.1. The standard InChI is InChI=1S/C9H18N2O4P/c1-14-4-6-3-7(11-5-10)8(12)9(6)15-16(2)13/h5-9,12H,3-4H2,1-2H3,(H2,10,11)/q+1/t6-,7-,8?,9?/m1/s1. The average molecular weight is 249 g/mol. The van der Waals surface area contributed by atoms with Crippen LogP contribution in [-0.2, 0) is 13.8 Å². The number of hydrogen-bond acceptors (Lipinski definition) is 5. The summed E-state index contributed by atoms with van der Waals surface area (Å²) in [6, 6.07) is -0.301. The lowest BCUT2D eigenvalue weighted by Gasteiger charge is -2.15. The fraction of sp³-hybridized carbons (Fsp3) is 0.889. The summed E-state index contributed by atoms with van der Waals surface area (Å²) in [6.45, 7) is 1.91. The Balaban J connectivity index is 2.71. The van der Waals surface area contributed by atoms with Crippen molar-refractivity contribution in [1.29, 1.82) is 0 Å². The normalized spacial score (nSPS) is 35.8. The van der Waals surface area contributed by atoms with Crippen LogP contribution < -0.4 is 5.73 Å². The molecular formula is C9H18N2O4P+. The lowest BCUT2D eigenvalue weighted by atomic mass is 10.1. The molecule has 1 aliphatic carbocycles. The molecule has 1 saturated carbocycles. The molecule has 0 amide bonds. The van der Waals surface area contributed by atoms with Gasteiger partial charge in [-0.1, -0.05) is 0 Å². The summed E-state index contributed by atoms with van der Waals surface area (Å²) in [4.78, 5) is 3.97. The number of nitrogens with zero attached hydrogens (tertiary/aromatic N) is 1. The topological polar surface area (TPSA) is 94.1 Å². The Morgan fingerprint density at radius 3 is 2.88 bits per heavy atom. The van der Waals surface area contributed by atoms with E-state index in [-0.39, 0.29) is 12.0 Å². The molecule has 0 saturated heterocycles. The highest BCUT2D eigenvalue weighted by atomic mass is 31.1. The lowest BCUT2D eigenvalue weighted by molar-refractivity contribution is 0.0180. The van der Waals surface area contributed by atoms with E-state index >= 15 is 0 Å². The van der Waals surface area contributed by atoms with Crippen molar-refractivity contribution in [2.75, 3.05) is 20.4 Å². The predicted octanol–water partition coefficient (Wildman–Crippen LogP) is 0.127. The number of aliphatic imine (C=N–C) groups is 1. The van der Waals surface area contributed by atoms with Gasteiger partial charge in [-0.3, -0.25) is 4.99 Å². The summed E-state index contributed by atoms with van der Waals surface area (Å²) in [7, 11) is -0.174. The molecule has 6 nitrogen and oxygen atoms in total. The van der Waals surface area contributed by atoms with Crippen LogP contribution in [0.25, 0.3) is 0 Å². The number of aliphatic hydroxyl groups excluding tert-OH is 1. The highest BCUT2D eigenvalue weighted by Gasteiger charge is 2.46. The first-order valence-electron chi connectivity index (χ1n) is 5.08. The van der Waals surface area contributed by atoms with Crippen LogP contribution in [0.3, 0.4) is 0 Å². The number of methoxy groups -OCH3 is 1. The first-order chi connectivity index (χ1) is 7.60. The lowest BCUT2D eigenvalue weighted by Crippen LogP contribution is -2.32. The van der Waals surface area contributed by atoms with E-state index in [0.717, 1.165) is 0 Å². The van der Waals surface area contributed by atoms with Gasteiger partial charge < -0.3 is 15.6 Å². The zero-order valence-corrected chi connectivity index (χ0v) is 10.3. The van der Waals surface area contributed by atoms with E-state index < -0.39 is 20.2 Å². The smallest absolute Gasteiger partial charge is 0.390 e. The van der Waals surface area contributed by atoms with E-state index in [1.807, 2.05) is 0 Å². The fourth-order valence-corrected chi connectivity index (χ4v) is 2.68. The number of aliphatic hydroxyl groups is 1. The molecule has 0 aromatic rings. The molecular weight excluding hydrogens is 231 g/mol. The minimum atomic E-state index is -1.75. The summed E-state index contributed by atoms with van der Waals surface area (Å²) in [5.74, 6) is -0.00685. The summed E-state index contributed by atoms with van der Waals surface area (Å²) in [5.41, 5.74) is 5.20. The monoisotopic (exact) mass is 249 g/mol. The van der Waals surface area contributed by atoms with Crippen LogP contribution in [0.4, 0.5) is 0 Å². The second-order valence-corrected chi connectivity index (χ2v) is 4.91. The Kier molecular flexibility index (Phi) is 5.28. The van der Waals surface area contributed by atoms with Crippen LogP contribution in [0.1, 0.15) is 6.42 Å². The second kappa shape index (κ2) is 6.25. The van der Waals surface area contributed by atoms with E-state index in [0.29, 0.717) is 13.0 Å². The fourth-order valence-electron chi connectivity index (χ4n) is 2.04. The minimum Gasteiger partial charge on any atom is -0.390 e. The van der Waals surface area contributed by atoms with Crippen molar-refractivity contribution in [3.8, 4) is 0 Å². The third kappa shape index (κ3) is 3.22. The highest BCUT2D eigenvalue weighted by molar-refractivity contribution is 7.38. The zero-order chi connectivity index (χ0) is 12.1. The Labute approximate surface area is 95.7 Å². The quantitative estimate of drug-likeness (QED) is 0.410. The molecule has 1 fully saturated rings. The number of ether oxygens (including phenoxy) is 1. The highest BCUT2D eigenvalue weighted by Crippen LogP contribution is 2.36. The van der Waals surface area contributed by atoms with Gasteiger partial charge in [0.2, 0.25) is 0 Å². The van der Waals surface area contributed by atoms with Gasteiger partial charge in [0, 0.05) is 13.0 Å². The van der Waals surface area contributed by atoms with Crippen molar-refractivity contribution in [1.82, 2.24) is 0 Å². The van der Waals surface area contributed by atoms with Gasteiger partial charge >= 0.3 is 8.03 Å². The third-order valence-electron chi connectivity index (χ3n) is 2.67. The van der Waals surface area contributed by atoms with E-state index in [1.54, 1.807) is 7.11 Å². The van der Waals surface area contributed by atoms with Crippen molar-refractivity contribution in [3.05, 3.63) is 0 Å². The van der Waals surface area contributed by atoms with Gasteiger partial charge in [0.05, 0.1) is 19.0 Å². The summed E-state index contributed by atoms with van der Waals surface area (Å²) in [6.07, 6.45) is 0.518. The van der Waals surface area contributed by atoms with Gasteiger partial charge in [0.1, 0.15) is 12.2 Å². The summed E-state index contributed by atoms with van der Waals surface area (Å²) in [5, 5.41) is 9.95. The zero-order valence-electron chi connectivity index (χ0n) is 9.44. The Morgan fingerprint density at radius 1 is 1.69 bits per heavy atom. The number of hydrogen-bond donors (Lipinski definition) is 2. The van der Waals surface area contributed by atoms with E-state index in [2.05, 4.69) is 4.99 Å². The van der Waals surface area contributed by atoms with E-state index in [4.69, 9.17) is 15.0 Å². The Bertz CT molecular complexity index is 274. The molecule has 5 atom stereocenters.